The van der Waals surface area contributed by atoms with Crippen molar-refractivity contribution in [2.45, 2.75) is 39.8 Å². The molecule has 0 aliphatic heterocycles. The van der Waals surface area contributed by atoms with E-state index in [2.05, 4.69) is 0 Å². The molecule has 0 aromatic carbocycles. The molecule has 0 aliphatic rings. The van der Waals surface area contributed by atoms with Gasteiger partial charge in [-0.3, -0.25) is 4.79 Å². The van der Waals surface area contributed by atoms with E-state index in [0.29, 0.717) is 6.54 Å². The minimum Gasteiger partial charge on any atom is -0.481 e. The minimum atomic E-state index is -0.789. The van der Waals surface area contributed by atoms with Gasteiger partial charge in [0.2, 0.25) is 0 Å². The second-order valence-corrected chi connectivity index (χ2v) is 4.82. The van der Waals surface area contributed by atoms with Crippen molar-refractivity contribution in [2.24, 2.45) is 11.1 Å². The zero-order valence-corrected chi connectivity index (χ0v) is 10.1. The molecule has 0 spiro atoms. The third kappa shape index (κ3) is 2.85. The van der Waals surface area contributed by atoms with Crippen LogP contribution in [0.3, 0.4) is 0 Å². The monoisotopic (exact) mass is 224 g/mol. The van der Waals surface area contributed by atoms with Gasteiger partial charge in [-0.05, 0) is 31.9 Å². The number of rotatable bonds is 5. The standard InChI is InChI=1S/C12H20N2O2/c1-4-10(13)9-5-6-14(7-9)8-12(2,3)11(15)16/h5-7,10H,4,8,13H2,1-3H3,(H,15,16). The summed E-state index contributed by atoms with van der Waals surface area (Å²) in [5.41, 5.74) is 6.20. The molecule has 0 radical (unpaired) electrons. The molecule has 16 heavy (non-hydrogen) atoms. The van der Waals surface area contributed by atoms with Crippen molar-refractivity contribution >= 4 is 5.97 Å². The van der Waals surface area contributed by atoms with Crippen LogP contribution in [0.1, 0.15) is 38.8 Å². The van der Waals surface area contributed by atoms with Crippen LogP contribution in [-0.2, 0) is 11.3 Å². The number of hydrogen-bond donors (Lipinski definition) is 2. The summed E-state index contributed by atoms with van der Waals surface area (Å²) in [5.74, 6) is -0.789. The zero-order valence-electron chi connectivity index (χ0n) is 10.1. The SMILES string of the molecule is CCC(N)c1ccn(CC(C)(C)C(=O)O)c1. The molecule has 1 unspecified atom stereocenters. The summed E-state index contributed by atoms with van der Waals surface area (Å²) in [5, 5.41) is 9.03. The molecule has 1 atom stereocenters. The summed E-state index contributed by atoms with van der Waals surface area (Å²) < 4.78 is 1.89. The first kappa shape index (κ1) is 12.8. The molecule has 4 heteroatoms. The van der Waals surface area contributed by atoms with Crippen LogP contribution in [0.25, 0.3) is 0 Å². The number of hydrogen-bond acceptors (Lipinski definition) is 2. The number of carbonyl (C=O) groups is 1. The highest BCUT2D eigenvalue weighted by atomic mass is 16.4. The Labute approximate surface area is 96.1 Å². The van der Waals surface area contributed by atoms with Gasteiger partial charge in [0.25, 0.3) is 0 Å². The van der Waals surface area contributed by atoms with Crippen LogP contribution in [0.2, 0.25) is 0 Å². The van der Waals surface area contributed by atoms with Gasteiger partial charge in [0, 0.05) is 25.0 Å². The first-order valence-electron chi connectivity index (χ1n) is 5.51. The largest absolute Gasteiger partial charge is 0.481 e. The van der Waals surface area contributed by atoms with Crippen LogP contribution in [0.5, 0.6) is 0 Å². The highest BCUT2D eigenvalue weighted by Gasteiger charge is 2.27. The highest BCUT2D eigenvalue weighted by molar-refractivity contribution is 5.73. The highest BCUT2D eigenvalue weighted by Crippen LogP contribution is 2.20. The topological polar surface area (TPSA) is 68.2 Å². The second kappa shape index (κ2) is 4.70. The van der Waals surface area contributed by atoms with Crippen molar-refractivity contribution in [1.29, 1.82) is 0 Å². The van der Waals surface area contributed by atoms with E-state index in [9.17, 15) is 4.79 Å². The number of aliphatic carboxylic acids is 1. The number of aromatic nitrogens is 1. The van der Waals surface area contributed by atoms with Crippen LogP contribution >= 0.6 is 0 Å². The van der Waals surface area contributed by atoms with Crippen molar-refractivity contribution in [3.05, 3.63) is 24.0 Å². The van der Waals surface area contributed by atoms with Crippen molar-refractivity contribution in [1.82, 2.24) is 4.57 Å². The first-order valence-corrected chi connectivity index (χ1v) is 5.51. The van der Waals surface area contributed by atoms with E-state index in [1.54, 1.807) is 13.8 Å². The number of carboxylic acids is 1. The first-order chi connectivity index (χ1) is 7.36. The molecular weight excluding hydrogens is 204 g/mol. The minimum absolute atomic E-state index is 0.0363. The zero-order chi connectivity index (χ0) is 12.3. The van der Waals surface area contributed by atoms with Gasteiger partial charge in [-0.25, -0.2) is 0 Å². The van der Waals surface area contributed by atoms with Crippen molar-refractivity contribution < 1.29 is 9.90 Å². The Hall–Kier alpha value is -1.29. The maximum Gasteiger partial charge on any atom is 0.310 e. The average molecular weight is 224 g/mol. The fourth-order valence-electron chi connectivity index (χ4n) is 1.54. The van der Waals surface area contributed by atoms with E-state index in [4.69, 9.17) is 10.8 Å². The lowest BCUT2D eigenvalue weighted by atomic mass is 9.94. The normalized spacial score (nSPS) is 13.8. The third-order valence-corrected chi connectivity index (χ3v) is 2.80. The molecule has 1 aromatic heterocycles. The fourth-order valence-corrected chi connectivity index (χ4v) is 1.54. The van der Waals surface area contributed by atoms with E-state index >= 15 is 0 Å². The van der Waals surface area contributed by atoms with Crippen LogP contribution in [-0.4, -0.2) is 15.6 Å². The van der Waals surface area contributed by atoms with Crippen molar-refractivity contribution in [3.8, 4) is 0 Å². The van der Waals surface area contributed by atoms with E-state index < -0.39 is 11.4 Å². The van der Waals surface area contributed by atoms with Crippen molar-refractivity contribution in [3.63, 3.8) is 0 Å². The second-order valence-electron chi connectivity index (χ2n) is 4.82. The Bertz CT molecular complexity index is 369. The van der Waals surface area contributed by atoms with Crippen LogP contribution in [0.15, 0.2) is 18.5 Å². The Morgan fingerprint density at radius 3 is 2.75 bits per heavy atom. The summed E-state index contributed by atoms with van der Waals surface area (Å²) >= 11 is 0. The summed E-state index contributed by atoms with van der Waals surface area (Å²) in [6.45, 7) is 5.92. The molecule has 1 rings (SSSR count). The molecule has 1 aromatic rings. The summed E-state index contributed by atoms with van der Waals surface area (Å²) in [7, 11) is 0. The van der Waals surface area contributed by atoms with E-state index in [-0.39, 0.29) is 6.04 Å². The third-order valence-electron chi connectivity index (χ3n) is 2.80. The predicted molar refractivity (Wildman–Crippen MR) is 63.1 cm³/mol. The number of carboxylic acid groups (broad SMARTS) is 1. The maximum atomic E-state index is 11.0. The average Bonchev–Trinajstić information content (AvgIpc) is 2.64. The van der Waals surface area contributed by atoms with Gasteiger partial charge >= 0.3 is 5.97 Å². The maximum absolute atomic E-state index is 11.0. The van der Waals surface area contributed by atoms with E-state index in [1.807, 2.05) is 30.0 Å². The molecule has 0 aliphatic carbocycles. The van der Waals surface area contributed by atoms with Gasteiger partial charge in [0.15, 0.2) is 0 Å². The van der Waals surface area contributed by atoms with E-state index in [1.165, 1.54) is 0 Å². The van der Waals surface area contributed by atoms with Gasteiger partial charge in [0.1, 0.15) is 0 Å². The Morgan fingerprint density at radius 2 is 2.25 bits per heavy atom. The number of nitrogens with two attached hydrogens (primary N) is 1. The Kier molecular flexibility index (Phi) is 3.75. The molecule has 1 heterocycles. The smallest absolute Gasteiger partial charge is 0.310 e. The fraction of sp³-hybridized carbons (Fsp3) is 0.583. The summed E-state index contributed by atoms with van der Waals surface area (Å²) in [6, 6.07) is 1.99. The van der Waals surface area contributed by atoms with Gasteiger partial charge in [0.05, 0.1) is 5.41 Å². The van der Waals surface area contributed by atoms with Gasteiger partial charge in [-0.1, -0.05) is 6.92 Å². The summed E-state index contributed by atoms with van der Waals surface area (Å²) in [4.78, 5) is 11.0. The van der Waals surface area contributed by atoms with Crippen LogP contribution < -0.4 is 5.73 Å². The molecular formula is C12H20N2O2. The van der Waals surface area contributed by atoms with Gasteiger partial charge in [-0.2, -0.15) is 0 Å². The van der Waals surface area contributed by atoms with E-state index in [0.717, 1.165) is 12.0 Å². The molecule has 4 nitrogen and oxygen atoms in total. The van der Waals surface area contributed by atoms with Crippen molar-refractivity contribution in [2.75, 3.05) is 0 Å². The lowest BCUT2D eigenvalue weighted by Crippen LogP contribution is -2.28. The molecule has 0 fully saturated rings. The molecule has 90 valence electrons. The Balaban J connectivity index is 2.76. The van der Waals surface area contributed by atoms with Crippen LogP contribution in [0, 0.1) is 5.41 Å². The lowest BCUT2D eigenvalue weighted by molar-refractivity contribution is -0.147. The number of nitrogens with zero attached hydrogens (tertiary/aromatic N) is 1. The molecule has 0 bridgehead atoms. The molecule has 3 N–H and O–H groups in total. The summed E-state index contributed by atoms with van der Waals surface area (Å²) in [6.07, 6.45) is 4.70. The quantitative estimate of drug-likeness (QED) is 0.803. The Morgan fingerprint density at radius 1 is 1.62 bits per heavy atom. The van der Waals surface area contributed by atoms with Crippen LogP contribution in [0.4, 0.5) is 0 Å². The lowest BCUT2D eigenvalue weighted by Gasteiger charge is -2.19. The molecule has 0 saturated carbocycles. The predicted octanol–water partition coefficient (Wildman–Crippen LogP) is 2.01. The molecule has 0 saturated heterocycles. The molecule has 0 amide bonds. The van der Waals surface area contributed by atoms with Gasteiger partial charge < -0.3 is 15.4 Å². The van der Waals surface area contributed by atoms with Gasteiger partial charge in [-0.15, -0.1) is 0 Å².